The molecule has 2 aromatic carbocycles. The first-order valence-electron chi connectivity index (χ1n) is 8.01. The molecule has 0 aliphatic rings. The average molecular weight is 405 g/mol. The summed E-state index contributed by atoms with van der Waals surface area (Å²) in [6, 6.07) is 8.54. The molecule has 0 aliphatic carbocycles. The number of carbonyl (C=O) groups excluding carboxylic acids is 1. The van der Waals surface area contributed by atoms with E-state index < -0.39 is 0 Å². The number of carbonyl (C=O) groups is 1. The molecule has 0 atom stereocenters. The van der Waals surface area contributed by atoms with Crippen LogP contribution in [-0.4, -0.2) is 30.8 Å². The summed E-state index contributed by atoms with van der Waals surface area (Å²) < 4.78 is 11.6. The minimum atomic E-state index is -0.343. The van der Waals surface area contributed by atoms with E-state index in [1.165, 1.54) is 24.7 Å². The maximum Gasteiger partial charge on any atom is 0.271 e. The summed E-state index contributed by atoms with van der Waals surface area (Å²) in [6.45, 7) is 2.33. The van der Waals surface area contributed by atoms with Crippen molar-refractivity contribution < 1.29 is 14.3 Å². The molecule has 0 unspecified atom stereocenters. The molecule has 27 heavy (non-hydrogen) atoms. The molecule has 1 aromatic heterocycles. The standard InChI is InChI=1S/C18H17ClN4O3S/c1-3-26-16-12(19)6-10(7-14(16)25-2)9-21-23-17(24)11-4-5-13-15(8-11)27-18(20)22-13/h4-9H,3H2,1-2H3,(H2,20,22)(H,23,24)/b21-9-. The molecule has 0 aliphatic heterocycles. The number of aromatic nitrogens is 1. The third-order valence-corrected chi connectivity index (χ3v) is 4.72. The molecular weight excluding hydrogens is 388 g/mol. The lowest BCUT2D eigenvalue weighted by Gasteiger charge is -2.11. The second-order valence-corrected chi connectivity index (χ2v) is 6.87. The Labute approximate surface area is 164 Å². The topological polar surface area (TPSA) is 98.8 Å². The van der Waals surface area contributed by atoms with Crippen LogP contribution in [0.3, 0.4) is 0 Å². The Kier molecular flexibility index (Phi) is 5.78. The van der Waals surface area contributed by atoms with Crippen molar-refractivity contribution in [3.8, 4) is 11.5 Å². The van der Waals surface area contributed by atoms with Crippen LogP contribution < -0.4 is 20.6 Å². The van der Waals surface area contributed by atoms with Crippen molar-refractivity contribution >= 4 is 50.4 Å². The third-order valence-electron chi connectivity index (χ3n) is 3.59. The van der Waals surface area contributed by atoms with Crippen LogP contribution in [0.15, 0.2) is 35.4 Å². The van der Waals surface area contributed by atoms with Gasteiger partial charge in [0.15, 0.2) is 16.6 Å². The number of nitrogens with one attached hydrogen (secondary N) is 1. The van der Waals surface area contributed by atoms with Crippen LogP contribution in [0.2, 0.25) is 5.02 Å². The van der Waals surface area contributed by atoms with Gasteiger partial charge in [-0.15, -0.1) is 0 Å². The molecule has 7 nitrogen and oxygen atoms in total. The van der Waals surface area contributed by atoms with Gasteiger partial charge in [0.05, 0.1) is 35.2 Å². The normalized spacial score (nSPS) is 11.1. The molecule has 0 saturated carbocycles. The summed E-state index contributed by atoms with van der Waals surface area (Å²) in [5.41, 5.74) is 10.0. The van der Waals surface area contributed by atoms with Crippen LogP contribution in [0, 0.1) is 0 Å². The summed E-state index contributed by atoms with van der Waals surface area (Å²) in [4.78, 5) is 16.4. The van der Waals surface area contributed by atoms with Crippen LogP contribution in [0.5, 0.6) is 11.5 Å². The number of amides is 1. The molecular formula is C18H17ClN4O3S. The Balaban J connectivity index is 1.74. The zero-order chi connectivity index (χ0) is 19.4. The zero-order valence-electron chi connectivity index (χ0n) is 14.7. The van der Waals surface area contributed by atoms with Gasteiger partial charge in [0.1, 0.15) is 0 Å². The van der Waals surface area contributed by atoms with Crippen molar-refractivity contribution in [1.82, 2.24) is 10.4 Å². The summed E-state index contributed by atoms with van der Waals surface area (Å²) in [6.07, 6.45) is 1.48. The lowest BCUT2D eigenvalue weighted by atomic mass is 10.2. The Hall–Kier alpha value is -2.84. The SMILES string of the molecule is CCOc1c(Cl)cc(/C=N\NC(=O)c2ccc3nc(N)sc3c2)cc1OC. The van der Waals surface area contributed by atoms with Gasteiger partial charge in [-0.1, -0.05) is 22.9 Å². The number of hydrogen-bond acceptors (Lipinski definition) is 7. The number of halogens is 1. The molecule has 3 aromatic rings. The van der Waals surface area contributed by atoms with Crippen LogP contribution in [-0.2, 0) is 0 Å². The summed E-state index contributed by atoms with van der Waals surface area (Å²) >= 11 is 7.54. The van der Waals surface area contributed by atoms with Crippen molar-refractivity contribution in [2.24, 2.45) is 5.10 Å². The highest BCUT2D eigenvalue weighted by atomic mass is 35.5. The predicted molar refractivity (Wildman–Crippen MR) is 108 cm³/mol. The number of nitrogens with zero attached hydrogens (tertiary/aromatic N) is 2. The second kappa shape index (κ2) is 8.24. The van der Waals surface area contributed by atoms with Crippen LogP contribution in [0.25, 0.3) is 10.2 Å². The molecule has 9 heteroatoms. The van der Waals surface area contributed by atoms with Gasteiger partial charge < -0.3 is 15.2 Å². The maximum atomic E-state index is 12.3. The molecule has 140 valence electrons. The van der Waals surface area contributed by atoms with Gasteiger partial charge in [-0.3, -0.25) is 4.79 Å². The van der Waals surface area contributed by atoms with E-state index >= 15 is 0 Å². The lowest BCUT2D eigenvalue weighted by molar-refractivity contribution is 0.0955. The largest absolute Gasteiger partial charge is 0.493 e. The van der Waals surface area contributed by atoms with Gasteiger partial charge in [0, 0.05) is 5.56 Å². The van der Waals surface area contributed by atoms with E-state index in [1.54, 1.807) is 30.3 Å². The van der Waals surface area contributed by atoms with Crippen LogP contribution >= 0.6 is 22.9 Å². The van der Waals surface area contributed by atoms with Crippen molar-refractivity contribution in [3.05, 3.63) is 46.5 Å². The number of hydrazone groups is 1. The van der Waals surface area contributed by atoms with Crippen molar-refractivity contribution in [2.45, 2.75) is 6.92 Å². The lowest BCUT2D eigenvalue weighted by Crippen LogP contribution is -2.17. The quantitative estimate of drug-likeness (QED) is 0.482. The second-order valence-electron chi connectivity index (χ2n) is 5.40. The number of fused-ring (bicyclic) bond motifs is 1. The van der Waals surface area contributed by atoms with E-state index in [2.05, 4.69) is 15.5 Å². The first kappa shape index (κ1) is 18.9. The van der Waals surface area contributed by atoms with E-state index in [-0.39, 0.29) is 5.91 Å². The average Bonchev–Trinajstić information content (AvgIpc) is 3.02. The number of methoxy groups -OCH3 is 1. The van der Waals surface area contributed by atoms with Crippen molar-refractivity contribution in [3.63, 3.8) is 0 Å². The van der Waals surface area contributed by atoms with Gasteiger partial charge in [0.2, 0.25) is 0 Å². The first-order valence-corrected chi connectivity index (χ1v) is 9.21. The highest BCUT2D eigenvalue weighted by Gasteiger charge is 2.11. The van der Waals surface area contributed by atoms with Gasteiger partial charge in [0.25, 0.3) is 5.91 Å². The molecule has 0 spiro atoms. The van der Waals surface area contributed by atoms with Gasteiger partial charge in [-0.25, -0.2) is 10.4 Å². The minimum Gasteiger partial charge on any atom is -0.493 e. The highest BCUT2D eigenvalue weighted by Crippen LogP contribution is 2.36. The van der Waals surface area contributed by atoms with E-state index in [4.69, 9.17) is 26.8 Å². The third kappa shape index (κ3) is 4.29. The van der Waals surface area contributed by atoms with Gasteiger partial charge >= 0.3 is 0 Å². The number of ether oxygens (including phenoxy) is 2. The number of benzene rings is 2. The van der Waals surface area contributed by atoms with Gasteiger partial charge in [-0.05, 0) is 42.8 Å². The smallest absolute Gasteiger partial charge is 0.271 e. The number of hydrogen-bond donors (Lipinski definition) is 2. The Morgan fingerprint density at radius 1 is 1.41 bits per heavy atom. The zero-order valence-corrected chi connectivity index (χ0v) is 16.2. The molecule has 0 bridgehead atoms. The maximum absolute atomic E-state index is 12.3. The number of thiazole rings is 1. The van der Waals surface area contributed by atoms with E-state index in [0.717, 1.165) is 10.2 Å². The highest BCUT2D eigenvalue weighted by molar-refractivity contribution is 7.22. The Bertz CT molecular complexity index is 1020. The molecule has 0 saturated heterocycles. The van der Waals surface area contributed by atoms with E-state index in [0.29, 0.717) is 39.4 Å². The summed E-state index contributed by atoms with van der Waals surface area (Å²) in [5, 5.41) is 4.84. The summed E-state index contributed by atoms with van der Waals surface area (Å²) in [7, 11) is 1.53. The predicted octanol–water partition coefficient (Wildman–Crippen LogP) is 3.70. The van der Waals surface area contributed by atoms with E-state index in [1.807, 2.05) is 6.92 Å². The number of nitrogens with two attached hydrogens (primary N) is 1. The first-order chi connectivity index (χ1) is 13.0. The van der Waals surface area contributed by atoms with Crippen molar-refractivity contribution in [2.75, 3.05) is 19.5 Å². The number of anilines is 1. The van der Waals surface area contributed by atoms with Crippen LogP contribution in [0.4, 0.5) is 5.13 Å². The van der Waals surface area contributed by atoms with Crippen molar-refractivity contribution in [1.29, 1.82) is 0 Å². The molecule has 0 radical (unpaired) electrons. The fourth-order valence-electron chi connectivity index (χ4n) is 2.41. The molecule has 3 rings (SSSR count). The van der Waals surface area contributed by atoms with E-state index in [9.17, 15) is 4.79 Å². The fraction of sp³-hybridized carbons (Fsp3) is 0.167. The Morgan fingerprint density at radius 2 is 2.22 bits per heavy atom. The molecule has 3 N–H and O–H groups in total. The Morgan fingerprint density at radius 3 is 2.96 bits per heavy atom. The fourth-order valence-corrected chi connectivity index (χ4v) is 3.46. The monoisotopic (exact) mass is 404 g/mol. The number of rotatable bonds is 6. The minimum absolute atomic E-state index is 0.343. The van der Waals surface area contributed by atoms with Crippen LogP contribution in [0.1, 0.15) is 22.8 Å². The molecule has 1 amide bonds. The summed E-state index contributed by atoms with van der Waals surface area (Å²) in [5.74, 6) is 0.620. The molecule has 1 heterocycles. The number of nitrogen functional groups attached to an aromatic ring is 1. The van der Waals surface area contributed by atoms with Gasteiger partial charge in [-0.2, -0.15) is 5.10 Å². The molecule has 0 fully saturated rings.